The summed E-state index contributed by atoms with van der Waals surface area (Å²) in [4.78, 5) is 11.9. The molecule has 1 N–H and O–H groups in total. The summed E-state index contributed by atoms with van der Waals surface area (Å²) < 4.78 is 5.31. The summed E-state index contributed by atoms with van der Waals surface area (Å²) in [6.07, 6.45) is 0. The van der Waals surface area contributed by atoms with Crippen molar-refractivity contribution in [2.45, 2.75) is 6.92 Å². The second-order valence-corrected chi connectivity index (χ2v) is 3.78. The fourth-order valence-electron chi connectivity index (χ4n) is 1.26. The van der Waals surface area contributed by atoms with E-state index in [-0.39, 0.29) is 11.0 Å². The lowest BCUT2D eigenvalue weighted by atomic mass is 10.2. The van der Waals surface area contributed by atoms with Crippen molar-refractivity contribution in [2.24, 2.45) is 0 Å². The molecular weight excluding hydrogens is 244 g/mol. The van der Waals surface area contributed by atoms with Gasteiger partial charge >= 0.3 is 0 Å². The normalized spacial score (nSPS) is 10.2. The van der Waals surface area contributed by atoms with E-state index in [0.29, 0.717) is 10.6 Å². The number of rotatable bonds is 2. The third-order valence-electron chi connectivity index (χ3n) is 2.14. The third kappa shape index (κ3) is 2.39. The van der Waals surface area contributed by atoms with Gasteiger partial charge in [-0.15, -0.1) is 0 Å². The van der Waals surface area contributed by atoms with Gasteiger partial charge in [-0.25, -0.2) is 0 Å². The first-order valence-corrected chi connectivity index (χ1v) is 5.18. The largest absolute Gasteiger partial charge is 0.434 e. The first-order chi connectivity index (χ1) is 8.08. The zero-order valence-electron chi connectivity index (χ0n) is 8.92. The number of hydrogen-bond donors (Lipinski definition) is 1. The average molecular weight is 253 g/mol. The molecule has 5 nitrogen and oxygen atoms in total. The predicted octanol–water partition coefficient (Wildman–Crippen LogP) is 2.23. The fraction of sp³-hybridized carbons (Fsp3) is 0.0909. The maximum absolute atomic E-state index is 11.5. The Kier molecular flexibility index (Phi) is 3.01. The maximum Gasteiger partial charge on any atom is 0.288 e. The Morgan fingerprint density at radius 3 is 2.82 bits per heavy atom. The Bertz CT molecular complexity index is 610. The van der Waals surface area contributed by atoms with Crippen LogP contribution in [-0.4, -0.2) is 15.2 Å². The van der Waals surface area contributed by atoms with Crippen LogP contribution in [0.15, 0.2) is 35.1 Å². The highest BCUT2D eigenvalue weighted by Gasteiger charge is 2.09. The van der Waals surface area contributed by atoms with Gasteiger partial charge < -0.3 is 9.94 Å². The summed E-state index contributed by atoms with van der Waals surface area (Å²) >= 11 is 5.52. The molecule has 1 aromatic heterocycles. The number of aryl methyl sites for hydroxylation is 1. The van der Waals surface area contributed by atoms with Crippen molar-refractivity contribution >= 4 is 11.6 Å². The van der Waals surface area contributed by atoms with Gasteiger partial charge in [-0.1, -0.05) is 39.7 Å². The first kappa shape index (κ1) is 11.5. The number of aromatic nitrogens is 2. The van der Waals surface area contributed by atoms with Crippen molar-refractivity contribution in [1.82, 2.24) is 9.94 Å². The molecule has 0 fully saturated rings. The molecule has 17 heavy (non-hydrogen) atoms. The topological polar surface area (TPSA) is 64.3 Å². The highest BCUT2D eigenvalue weighted by Crippen LogP contribution is 2.21. The molecule has 0 unspecified atom stereocenters. The molecule has 0 amide bonds. The second kappa shape index (κ2) is 4.47. The number of hydrogen-bond acceptors (Lipinski definition) is 4. The predicted molar refractivity (Wildman–Crippen MR) is 61.9 cm³/mol. The number of ether oxygens (including phenoxy) is 1. The van der Waals surface area contributed by atoms with Crippen LogP contribution in [0, 0.1) is 6.92 Å². The average Bonchev–Trinajstić information content (AvgIpc) is 2.29. The molecule has 88 valence electrons. The molecule has 0 saturated heterocycles. The smallest absolute Gasteiger partial charge is 0.288 e. The standard InChI is InChI=1S/C11H9ClN2O3/c1-7-4-2-3-5-9(7)17-11-8(15)6-10(12)14(16)13-11/h2-6,16H,1H3. The molecular formula is C11H9ClN2O3. The van der Waals surface area contributed by atoms with Crippen LogP contribution in [0.3, 0.4) is 0 Å². The van der Waals surface area contributed by atoms with Gasteiger partial charge in [0.05, 0.1) is 0 Å². The SMILES string of the molecule is Cc1ccccc1Oc1nn(O)c(Cl)cc1=O. The minimum atomic E-state index is -0.497. The fourth-order valence-corrected chi connectivity index (χ4v) is 1.39. The maximum atomic E-state index is 11.5. The lowest BCUT2D eigenvalue weighted by Gasteiger charge is -2.07. The molecule has 0 aliphatic heterocycles. The Morgan fingerprint density at radius 2 is 2.12 bits per heavy atom. The summed E-state index contributed by atoms with van der Waals surface area (Å²) in [6, 6.07) is 8.19. The van der Waals surface area contributed by atoms with E-state index in [1.807, 2.05) is 19.1 Å². The monoisotopic (exact) mass is 252 g/mol. The zero-order valence-corrected chi connectivity index (χ0v) is 9.68. The summed E-state index contributed by atoms with van der Waals surface area (Å²) in [7, 11) is 0. The number of para-hydroxylation sites is 1. The molecule has 2 aromatic rings. The summed E-state index contributed by atoms with van der Waals surface area (Å²) in [5.74, 6) is 0.269. The Morgan fingerprint density at radius 1 is 1.41 bits per heavy atom. The highest BCUT2D eigenvalue weighted by molar-refractivity contribution is 6.29. The number of halogens is 1. The third-order valence-corrected chi connectivity index (χ3v) is 2.40. The molecule has 6 heteroatoms. The number of benzene rings is 1. The molecule has 0 radical (unpaired) electrons. The van der Waals surface area contributed by atoms with E-state index in [9.17, 15) is 10.0 Å². The highest BCUT2D eigenvalue weighted by atomic mass is 35.5. The molecule has 0 spiro atoms. The van der Waals surface area contributed by atoms with Crippen molar-refractivity contribution in [1.29, 1.82) is 0 Å². The molecule has 1 aromatic carbocycles. The van der Waals surface area contributed by atoms with Crippen molar-refractivity contribution in [3.63, 3.8) is 0 Å². The van der Waals surface area contributed by atoms with Crippen LogP contribution in [0.4, 0.5) is 0 Å². The molecule has 2 rings (SSSR count). The van der Waals surface area contributed by atoms with Gasteiger partial charge in [0.25, 0.3) is 5.88 Å². The molecule has 0 bridgehead atoms. The van der Waals surface area contributed by atoms with Crippen molar-refractivity contribution in [3.05, 3.63) is 51.3 Å². The lowest BCUT2D eigenvalue weighted by molar-refractivity contribution is 0.138. The second-order valence-electron chi connectivity index (χ2n) is 3.39. The molecule has 0 atom stereocenters. The molecule has 0 aliphatic rings. The van der Waals surface area contributed by atoms with E-state index in [4.69, 9.17) is 16.3 Å². The van der Waals surface area contributed by atoms with Crippen LogP contribution in [0.1, 0.15) is 5.56 Å². The van der Waals surface area contributed by atoms with Crippen molar-refractivity contribution < 1.29 is 9.94 Å². The van der Waals surface area contributed by atoms with Crippen LogP contribution in [0.25, 0.3) is 0 Å². The van der Waals surface area contributed by atoms with E-state index in [2.05, 4.69) is 5.10 Å². The molecule has 1 heterocycles. The van der Waals surface area contributed by atoms with Crippen LogP contribution in [0.5, 0.6) is 11.6 Å². The van der Waals surface area contributed by atoms with Gasteiger partial charge in [-0.3, -0.25) is 4.79 Å². The van der Waals surface area contributed by atoms with Gasteiger partial charge in [0.15, 0.2) is 5.15 Å². The van der Waals surface area contributed by atoms with Crippen molar-refractivity contribution in [3.8, 4) is 11.6 Å². The molecule has 0 saturated carbocycles. The van der Waals surface area contributed by atoms with E-state index < -0.39 is 5.43 Å². The van der Waals surface area contributed by atoms with Gasteiger partial charge in [-0.05, 0) is 18.6 Å². The summed E-state index contributed by atoms with van der Waals surface area (Å²) in [5, 5.41) is 12.6. The van der Waals surface area contributed by atoms with Crippen LogP contribution < -0.4 is 10.2 Å². The lowest BCUT2D eigenvalue weighted by Crippen LogP contribution is -2.13. The van der Waals surface area contributed by atoms with Gasteiger partial charge in [0.1, 0.15) is 5.75 Å². The van der Waals surface area contributed by atoms with Gasteiger partial charge in [0.2, 0.25) is 5.43 Å². The first-order valence-electron chi connectivity index (χ1n) is 4.80. The minimum Gasteiger partial charge on any atom is -0.434 e. The van der Waals surface area contributed by atoms with E-state index >= 15 is 0 Å². The van der Waals surface area contributed by atoms with Crippen LogP contribution in [0.2, 0.25) is 5.15 Å². The van der Waals surface area contributed by atoms with Crippen LogP contribution >= 0.6 is 11.6 Å². The van der Waals surface area contributed by atoms with E-state index in [0.717, 1.165) is 11.6 Å². The summed E-state index contributed by atoms with van der Waals surface area (Å²) in [6.45, 7) is 1.84. The Labute approximate surface area is 102 Å². The number of nitrogens with zero attached hydrogens (tertiary/aromatic N) is 2. The van der Waals surface area contributed by atoms with Crippen LogP contribution in [-0.2, 0) is 0 Å². The van der Waals surface area contributed by atoms with E-state index in [1.165, 1.54) is 0 Å². The van der Waals surface area contributed by atoms with E-state index in [1.54, 1.807) is 12.1 Å². The minimum absolute atomic E-state index is 0.174. The summed E-state index contributed by atoms with van der Waals surface area (Å²) in [5.41, 5.74) is 0.358. The van der Waals surface area contributed by atoms with Gasteiger partial charge in [-0.2, -0.15) is 0 Å². The van der Waals surface area contributed by atoms with Crippen molar-refractivity contribution in [2.75, 3.05) is 0 Å². The molecule has 0 aliphatic carbocycles. The van der Waals surface area contributed by atoms with Gasteiger partial charge in [0, 0.05) is 6.07 Å². The zero-order chi connectivity index (χ0) is 12.4. The quantitative estimate of drug-likeness (QED) is 0.833. The Balaban J connectivity index is 2.41. The Hall–Kier alpha value is -2.01.